The van der Waals surface area contributed by atoms with E-state index in [9.17, 15) is 20.2 Å². The van der Waals surface area contributed by atoms with Crippen LogP contribution in [0.4, 0.5) is 5.69 Å². The monoisotopic (exact) mass is 313 g/mol. The van der Waals surface area contributed by atoms with Gasteiger partial charge in [0.05, 0.1) is 29.6 Å². The zero-order chi connectivity index (χ0) is 17.1. The normalized spacial score (nSPS) is 20.5. The van der Waals surface area contributed by atoms with Crippen molar-refractivity contribution >= 4 is 17.4 Å². The van der Waals surface area contributed by atoms with Gasteiger partial charge in [0, 0.05) is 29.0 Å². The summed E-state index contributed by atoms with van der Waals surface area (Å²) in [6, 6.07) is 8.20. The van der Waals surface area contributed by atoms with Gasteiger partial charge in [-0.15, -0.1) is 0 Å². The lowest BCUT2D eigenvalue weighted by Gasteiger charge is -2.28. The maximum absolute atomic E-state index is 12.2. The number of carbonyl (C=O) groups is 1. The summed E-state index contributed by atoms with van der Waals surface area (Å²) in [5.74, 6) is -2.19. The van der Waals surface area contributed by atoms with Crippen molar-refractivity contribution in [1.29, 1.82) is 5.26 Å². The highest BCUT2D eigenvalue weighted by Crippen LogP contribution is 2.42. The van der Waals surface area contributed by atoms with Crippen LogP contribution in [-0.2, 0) is 9.53 Å². The highest BCUT2D eigenvalue weighted by Gasteiger charge is 2.40. The number of hydrogen-bond acceptors (Lipinski definition) is 6. The van der Waals surface area contributed by atoms with Crippen molar-refractivity contribution < 1.29 is 14.5 Å². The molecular weight excluding hydrogens is 298 g/mol. The van der Waals surface area contributed by atoms with Crippen molar-refractivity contribution in [1.82, 2.24) is 0 Å². The van der Waals surface area contributed by atoms with E-state index in [0.717, 1.165) is 0 Å². The van der Waals surface area contributed by atoms with Crippen molar-refractivity contribution in [2.24, 2.45) is 10.9 Å². The highest BCUT2D eigenvalue weighted by molar-refractivity contribution is 5.98. The number of aliphatic imine (C=N–C) groups is 1. The van der Waals surface area contributed by atoms with E-state index in [1.165, 1.54) is 13.2 Å². The van der Waals surface area contributed by atoms with Crippen molar-refractivity contribution in [2.45, 2.75) is 19.8 Å². The number of hydrogen-bond donors (Lipinski definition) is 0. The maximum Gasteiger partial charge on any atom is 0.336 e. The highest BCUT2D eigenvalue weighted by atomic mass is 16.6. The van der Waals surface area contributed by atoms with E-state index in [1.807, 2.05) is 0 Å². The summed E-state index contributed by atoms with van der Waals surface area (Å²) in [5, 5.41) is 20.8. The maximum atomic E-state index is 12.2. The minimum Gasteiger partial charge on any atom is -0.466 e. The Morgan fingerprint density at radius 3 is 2.61 bits per heavy atom. The molecule has 1 aromatic carbocycles. The summed E-state index contributed by atoms with van der Waals surface area (Å²) in [6.07, 6.45) is 0. The van der Waals surface area contributed by atoms with Crippen molar-refractivity contribution in [3.8, 4) is 6.07 Å². The number of carbonyl (C=O) groups excluding carboxylic acids is 1. The minimum absolute atomic E-state index is 0.137. The zero-order valence-corrected chi connectivity index (χ0v) is 12.9. The van der Waals surface area contributed by atoms with Crippen LogP contribution in [-0.4, -0.2) is 23.7 Å². The van der Waals surface area contributed by atoms with Gasteiger partial charge in [-0.25, -0.2) is 4.79 Å². The second kappa shape index (κ2) is 6.40. The number of nitrogens with zero attached hydrogens (tertiary/aromatic N) is 3. The molecule has 7 heteroatoms. The largest absolute Gasteiger partial charge is 0.466 e. The molecule has 7 nitrogen and oxygen atoms in total. The number of nitriles is 1. The summed E-state index contributed by atoms with van der Waals surface area (Å²) in [5.41, 5.74) is 1.27. The molecule has 0 radical (unpaired) electrons. The predicted octanol–water partition coefficient (Wildman–Crippen LogP) is 2.74. The second-order valence-electron chi connectivity index (χ2n) is 5.14. The SMILES string of the molecule is COC(=O)C1=C(C)N=C(C)C(C#N)C1c1ccccc1[N+](=O)[O-]. The molecule has 0 aliphatic carbocycles. The molecule has 0 saturated heterocycles. The number of ether oxygens (including phenoxy) is 1. The first-order valence-corrected chi connectivity index (χ1v) is 6.89. The molecule has 0 bridgehead atoms. The van der Waals surface area contributed by atoms with Crippen molar-refractivity contribution in [2.75, 3.05) is 7.11 Å². The number of rotatable bonds is 3. The number of para-hydroxylation sites is 1. The topological polar surface area (TPSA) is 106 Å². The van der Waals surface area contributed by atoms with Gasteiger partial charge in [0.25, 0.3) is 5.69 Å². The molecule has 0 fully saturated rings. The third-order valence-corrected chi connectivity index (χ3v) is 3.84. The van der Waals surface area contributed by atoms with Crippen molar-refractivity contribution in [3.05, 3.63) is 51.2 Å². The van der Waals surface area contributed by atoms with Crippen LogP contribution in [0.25, 0.3) is 0 Å². The molecule has 0 aromatic heterocycles. The van der Waals surface area contributed by atoms with Crippen LogP contribution in [0.5, 0.6) is 0 Å². The molecule has 2 rings (SSSR count). The molecule has 0 spiro atoms. The predicted molar refractivity (Wildman–Crippen MR) is 82.8 cm³/mol. The Labute approximate surface area is 133 Å². The van der Waals surface area contributed by atoms with E-state index >= 15 is 0 Å². The van der Waals surface area contributed by atoms with E-state index in [1.54, 1.807) is 32.0 Å². The molecule has 1 heterocycles. The molecule has 0 amide bonds. The summed E-state index contributed by atoms with van der Waals surface area (Å²) >= 11 is 0. The Morgan fingerprint density at radius 1 is 1.39 bits per heavy atom. The molecule has 2 atom stereocenters. The molecule has 1 aliphatic rings. The molecule has 1 aromatic rings. The zero-order valence-electron chi connectivity index (χ0n) is 12.9. The van der Waals surface area contributed by atoms with E-state index in [0.29, 0.717) is 17.0 Å². The summed E-state index contributed by atoms with van der Waals surface area (Å²) in [4.78, 5) is 27.2. The van der Waals surface area contributed by atoms with E-state index in [4.69, 9.17) is 4.74 Å². The lowest BCUT2D eigenvalue weighted by molar-refractivity contribution is -0.385. The Hall–Kier alpha value is -3.01. The first-order valence-electron chi connectivity index (χ1n) is 6.89. The van der Waals surface area contributed by atoms with Gasteiger partial charge in [0.1, 0.15) is 0 Å². The summed E-state index contributed by atoms with van der Waals surface area (Å²) < 4.78 is 4.79. The second-order valence-corrected chi connectivity index (χ2v) is 5.14. The Bertz CT molecular complexity index is 774. The van der Waals surface area contributed by atoms with E-state index in [-0.39, 0.29) is 11.3 Å². The molecule has 23 heavy (non-hydrogen) atoms. The fourth-order valence-corrected chi connectivity index (χ4v) is 2.83. The quantitative estimate of drug-likeness (QED) is 0.484. The molecule has 0 saturated carbocycles. The van der Waals surface area contributed by atoms with Gasteiger partial charge in [0.2, 0.25) is 0 Å². The average molecular weight is 313 g/mol. The van der Waals surface area contributed by atoms with Crippen molar-refractivity contribution in [3.63, 3.8) is 0 Å². The lowest BCUT2D eigenvalue weighted by Crippen LogP contribution is -2.29. The minimum atomic E-state index is -0.786. The van der Waals surface area contributed by atoms with Crippen LogP contribution >= 0.6 is 0 Å². The Balaban J connectivity index is 2.75. The Morgan fingerprint density at radius 2 is 2.04 bits per heavy atom. The van der Waals surface area contributed by atoms with Crippen LogP contribution < -0.4 is 0 Å². The van der Waals surface area contributed by atoms with E-state index < -0.39 is 22.7 Å². The standard InChI is InChI=1S/C16H15N3O4/c1-9-12(8-17)15(14(10(2)18-9)16(20)23-3)11-6-4-5-7-13(11)19(21)22/h4-7,12,15H,1-3H3. The van der Waals surface area contributed by atoms with Gasteiger partial charge < -0.3 is 4.74 Å². The first-order chi connectivity index (χ1) is 10.9. The third-order valence-electron chi connectivity index (χ3n) is 3.84. The molecule has 0 N–H and O–H groups in total. The number of nitro benzene ring substituents is 1. The van der Waals surface area contributed by atoms with Gasteiger partial charge >= 0.3 is 5.97 Å². The van der Waals surface area contributed by atoms with Crippen LogP contribution in [0, 0.1) is 27.4 Å². The van der Waals surface area contributed by atoms with Crippen LogP contribution in [0.15, 0.2) is 40.5 Å². The number of nitro groups is 1. The fourth-order valence-electron chi connectivity index (χ4n) is 2.83. The van der Waals surface area contributed by atoms with Gasteiger partial charge in [-0.1, -0.05) is 18.2 Å². The van der Waals surface area contributed by atoms with Crippen LogP contribution in [0.1, 0.15) is 25.3 Å². The number of allylic oxidation sites excluding steroid dienone is 1. The summed E-state index contributed by atoms with van der Waals surface area (Å²) in [7, 11) is 1.23. The number of esters is 1. The molecule has 1 aliphatic heterocycles. The smallest absolute Gasteiger partial charge is 0.336 e. The summed E-state index contributed by atoms with van der Waals surface area (Å²) in [6.45, 7) is 3.30. The lowest BCUT2D eigenvalue weighted by atomic mass is 9.76. The van der Waals surface area contributed by atoms with Crippen LogP contribution in [0.3, 0.4) is 0 Å². The molecular formula is C16H15N3O4. The fraction of sp³-hybridized carbons (Fsp3) is 0.312. The third kappa shape index (κ3) is 2.83. The van der Waals surface area contributed by atoms with Gasteiger partial charge in [-0.2, -0.15) is 5.26 Å². The van der Waals surface area contributed by atoms with Gasteiger partial charge in [-0.3, -0.25) is 15.1 Å². The van der Waals surface area contributed by atoms with Gasteiger partial charge in [0.15, 0.2) is 0 Å². The Kier molecular flexibility index (Phi) is 4.55. The number of methoxy groups -OCH3 is 1. The molecule has 118 valence electrons. The van der Waals surface area contributed by atoms with E-state index in [2.05, 4.69) is 11.1 Å². The first kappa shape index (κ1) is 16.4. The average Bonchev–Trinajstić information content (AvgIpc) is 2.53. The van der Waals surface area contributed by atoms with Gasteiger partial charge in [-0.05, 0) is 13.8 Å². The number of benzene rings is 1. The van der Waals surface area contributed by atoms with Crippen LogP contribution in [0.2, 0.25) is 0 Å². The molecule has 2 unspecified atom stereocenters.